The average molecular weight is 513 g/mol. The minimum atomic E-state index is -2.85. The first-order valence-electron chi connectivity index (χ1n) is 9.19. The summed E-state index contributed by atoms with van der Waals surface area (Å²) in [5.74, 6) is 0.599. The van der Waals surface area contributed by atoms with Crippen molar-refractivity contribution >= 4 is 35.9 Å². The molecule has 0 aromatic heterocycles. The Balaban J connectivity index is 0.00000729. The molecule has 28 heavy (non-hydrogen) atoms. The number of aliphatic imine (C=N–C) groups is 1. The molecule has 2 N–H and O–H groups in total. The van der Waals surface area contributed by atoms with E-state index in [0.717, 1.165) is 32.2 Å². The number of carbonyl (C=O) groups excluding carboxylic acids is 1. The molecule has 1 aromatic rings. The number of hydrogen-bond donors (Lipinski definition) is 2. The van der Waals surface area contributed by atoms with Crippen LogP contribution in [0.4, 0.5) is 8.78 Å². The van der Waals surface area contributed by atoms with Crippen molar-refractivity contribution in [3.8, 4) is 5.75 Å². The number of guanidine groups is 1. The molecule has 6 nitrogen and oxygen atoms in total. The van der Waals surface area contributed by atoms with E-state index >= 15 is 0 Å². The predicted octanol–water partition coefficient (Wildman–Crippen LogP) is 4.08. The number of hydrogen-bond acceptors (Lipinski definition) is 4. The molecule has 0 amide bonds. The molecule has 0 aliphatic rings. The van der Waals surface area contributed by atoms with Crippen molar-refractivity contribution in [2.75, 3.05) is 20.2 Å². The molecule has 0 heterocycles. The van der Waals surface area contributed by atoms with Gasteiger partial charge in [0.15, 0.2) is 5.96 Å². The van der Waals surface area contributed by atoms with Crippen LogP contribution in [0, 0.1) is 0 Å². The summed E-state index contributed by atoms with van der Waals surface area (Å²) < 4.78 is 34.3. The van der Waals surface area contributed by atoms with Gasteiger partial charge in [0.05, 0.1) is 6.61 Å². The summed E-state index contributed by atoms with van der Waals surface area (Å²) in [6.07, 6.45) is 4.19. The van der Waals surface area contributed by atoms with E-state index in [1.54, 1.807) is 32.2 Å². The molecule has 0 unspecified atom stereocenters. The van der Waals surface area contributed by atoms with Crippen molar-refractivity contribution in [1.82, 2.24) is 10.6 Å². The highest BCUT2D eigenvalue weighted by molar-refractivity contribution is 14.0. The maximum atomic E-state index is 12.4. The maximum Gasteiger partial charge on any atom is 0.387 e. The molecule has 0 saturated heterocycles. The number of carbonyl (C=O) groups is 1. The zero-order valence-electron chi connectivity index (χ0n) is 16.4. The number of nitrogens with zero attached hydrogens (tertiary/aromatic N) is 1. The highest BCUT2D eigenvalue weighted by Crippen LogP contribution is 2.19. The number of ether oxygens (including phenoxy) is 2. The standard InChI is InChI=1S/C19H29F2N3O3.HI/c1-3-26-17(25)12-6-4-5-9-13-23-19(22-2)24-14-15-10-7-8-11-16(15)27-18(20)21;/h7-8,10-11,18H,3-6,9,12-14H2,1-2H3,(H2,22,23,24);1H. The van der Waals surface area contributed by atoms with Gasteiger partial charge in [-0.2, -0.15) is 8.78 Å². The smallest absolute Gasteiger partial charge is 0.387 e. The van der Waals surface area contributed by atoms with Crippen LogP contribution in [-0.4, -0.2) is 38.7 Å². The monoisotopic (exact) mass is 513 g/mol. The maximum absolute atomic E-state index is 12.4. The number of alkyl halides is 2. The van der Waals surface area contributed by atoms with Crippen molar-refractivity contribution in [3.63, 3.8) is 0 Å². The third kappa shape index (κ3) is 11.9. The lowest BCUT2D eigenvalue weighted by Crippen LogP contribution is -2.37. The lowest BCUT2D eigenvalue weighted by Gasteiger charge is -2.14. The molecule has 0 spiro atoms. The fourth-order valence-corrected chi connectivity index (χ4v) is 2.45. The van der Waals surface area contributed by atoms with Gasteiger partial charge in [0.2, 0.25) is 0 Å². The van der Waals surface area contributed by atoms with Crippen LogP contribution in [0.15, 0.2) is 29.3 Å². The predicted molar refractivity (Wildman–Crippen MR) is 116 cm³/mol. The Morgan fingerprint density at radius 3 is 2.54 bits per heavy atom. The molecule has 0 atom stereocenters. The van der Waals surface area contributed by atoms with Crippen LogP contribution < -0.4 is 15.4 Å². The molecule has 9 heteroatoms. The highest BCUT2D eigenvalue weighted by atomic mass is 127. The van der Waals surface area contributed by atoms with Gasteiger partial charge < -0.3 is 20.1 Å². The van der Waals surface area contributed by atoms with Crippen LogP contribution in [0.3, 0.4) is 0 Å². The van der Waals surface area contributed by atoms with Crippen LogP contribution in [0.25, 0.3) is 0 Å². The van der Waals surface area contributed by atoms with Crippen LogP contribution in [0.5, 0.6) is 5.75 Å². The van der Waals surface area contributed by atoms with Crippen molar-refractivity contribution in [3.05, 3.63) is 29.8 Å². The van der Waals surface area contributed by atoms with E-state index in [9.17, 15) is 13.6 Å². The van der Waals surface area contributed by atoms with Crippen molar-refractivity contribution < 1.29 is 23.0 Å². The second-order valence-electron chi connectivity index (χ2n) is 5.81. The first kappa shape index (κ1) is 26.4. The lowest BCUT2D eigenvalue weighted by atomic mass is 10.1. The molecule has 1 aromatic carbocycles. The molecular formula is C19H30F2IN3O3. The van der Waals surface area contributed by atoms with Gasteiger partial charge in [-0.05, 0) is 25.8 Å². The molecule has 0 radical (unpaired) electrons. The summed E-state index contributed by atoms with van der Waals surface area (Å²) in [6.45, 7) is 0.422. The topological polar surface area (TPSA) is 72.0 Å². The summed E-state index contributed by atoms with van der Waals surface area (Å²) in [5, 5.41) is 6.26. The van der Waals surface area contributed by atoms with Crippen LogP contribution in [0.2, 0.25) is 0 Å². The van der Waals surface area contributed by atoms with E-state index in [2.05, 4.69) is 20.4 Å². The first-order valence-corrected chi connectivity index (χ1v) is 9.19. The number of nitrogens with one attached hydrogen (secondary N) is 2. The largest absolute Gasteiger partial charge is 0.466 e. The number of esters is 1. The zero-order chi connectivity index (χ0) is 19.9. The second kappa shape index (κ2) is 16.3. The molecule has 0 aliphatic carbocycles. The van der Waals surface area contributed by atoms with E-state index in [1.165, 1.54) is 6.07 Å². The Labute approximate surface area is 182 Å². The van der Waals surface area contributed by atoms with Gasteiger partial charge in [0, 0.05) is 32.1 Å². The first-order chi connectivity index (χ1) is 13.1. The Morgan fingerprint density at radius 2 is 1.86 bits per heavy atom. The van der Waals surface area contributed by atoms with Gasteiger partial charge in [-0.15, -0.1) is 24.0 Å². The number of halogens is 3. The minimum Gasteiger partial charge on any atom is -0.466 e. The molecule has 0 bridgehead atoms. The van der Waals surface area contributed by atoms with E-state index < -0.39 is 6.61 Å². The van der Waals surface area contributed by atoms with Gasteiger partial charge in [0.25, 0.3) is 0 Å². The summed E-state index contributed by atoms with van der Waals surface area (Å²) >= 11 is 0. The Morgan fingerprint density at radius 1 is 1.14 bits per heavy atom. The second-order valence-corrected chi connectivity index (χ2v) is 5.81. The van der Waals surface area contributed by atoms with Crippen molar-refractivity contribution in [2.45, 2.75) is 52.2 Å². The Bertz CT molecular complexity index is 589. The minimum absolute atomic E-state index is 0. The molecular weight excluding hydrogens is 483 g/mol. The average Bonchev–Trinajstić information content (AvgIpc) is 2.64. The van der Waals surface area contributed by atoms with Gasteiger partial charge in [-0.1, -0.05) is 31.0 Å². The molecule has 0 saturated carbocycles. The van der Waals surface area contributed by atoms with Gasteiger partial charge in [-0.25, -0.2) is 0 Å². The van der Waals surface area contributed by atoms with Gasteiger partial charge in [0.1, 0.15) is 5.75 Å². The highest BCUT2D eigenvalue weighted by Gasteiger charge is 2.09. The van der Waals surface area contributed by atoms with E-state index in [1.807, 2.05) is 0 Å². The van der Waals surface area contributed by atoms with Gasteiger partial charge in [-0.3, -0.25) is 9.79 Å². The van der Waals surface area contributed by atoms with E-state index in [-0.39, 0.29) is 35.7 Å². The summed E-state index contributed by atoms with van der Waals surface area (Å²) in [5.41, 5.74) is 0.625. The van der Waals surface area contributed by atoms with Crippen LogP contribution >= 0.6 is 24.0 Å². The number of para-hydroxylation sites is 1. The van der Waals surface area contributed by atoms with Crippen LogP contribution in [-0.2, 0) is 16.1 Å². The fraction of sp³-hybridized carbons (Fsp3) is 0.579. The van der Waals surface area contributed by atoms with Crippen molar-refractivity contribution in [1.29, 1.82) is 0 Å². The number of benzene rings is 1. The molecule has 0 aliphatic heterocycles. The Hall–Kier alpha value is -1.65. The lowest BCUT2D eigenvalue weighted by molar-refractivity contribution is -0.143. The molecule has 0 fully saturated rings. The third-order valence-electron chi connectivity index (χ3n) is 3.76. The normalized spacial score (nSPS) is 11.0. The van der Waals surface area contributed by atoms with E-state index in [4.69, 9.17) is 4.74 Å². The third-order valence-corrected chi connectivity index (χ3v) is 3.76. The number of unbranched alkanes of at least 4 members (excludes halogenated alkanes) is 3. The SMILES string of the molecule is CCOC(=O)CCCCCCNC(=NC)NCc1ccccc1OC(F)F.I. The molecule has 1 rings (SSSR count). The Kier molecular flexibility index (Phi) is 15.4. The quantitative estimate of drug-likeness (QED) is 0.145. The van der Waals surface area contributed by atoms with Crippen LogP contribution in [0.1, 0.15) is 44.6 Å². The number of rotatable bonds is 12. The molecule has 160 valence electrons. The van der Waals surface area contributed by atoms with E-state index in [0.29, 0.717) is 31.1 Å². The zero-order valence-corrected chi connectivity index (χ0v) is 18.7. The van der Waals surface area contributed by atoms with Gasteiger partial charge >= 0.3 is 12.6 Å². The summed E-state index contributed by atoms with van der Waals surface area (Å²) in [6, 6.07) is 6.65. The van der Waals surface area contributed by atoms with Crippen molar-refractivity contribution in [2.24, 2.45) is 4.99 Å². The summed E-state index contributed by atoms with van der Waals surface area (Å²) in [4.78, 5) is 15.3. The summed E-state index contributed by atoms with van der Waals surface area (Å²) in [7, 11) is 1.65. The fourth-order valence-electron chi connectivity index (χ4n) is 2.45.